The minimum Gasteiger partial charge on any atom is -0.478 e. The molecule has 0 atom stereocenters. The van der Waals surface area contributed by atoms with Gasteiger partial charge in [-0.3, -0.25) is 4.79 Å². The Bertz CT molecular complexity index is 755. The van der Waals surface area contributed by atoms with Crippen molar-refractivity contribution in [2.75, 3.05) is 28.0 Å². The molecule has 0 aliphatic heterocycles. The van der Waals surface area contributed by atoms with Crippen molar-refractivity contribution in [2.45, 2.75) is 0 Å². The van der Waals surface area contributed by atoms with Gasteiger partial charge in [-0.2, -0.15) is 0 Å². The molecular weight excluding hydrogens is 326 g/mol. The highest BCUT2D eigenvalue weighted by molar-refractivity contribution is 5.94. The maximum Gasteiger partial charge on any atom is 0.335 e. The highest BCUT2D eigenvalue weighted by atomic mass is 16.7. The molecule has 2 rings (SSSR count). The van der Waals surface area contributed by atoms with E-state index in [4.69, 9.17) is 14.2 Å². The fourth-order valence-corrected chi connectivity index (χ4v) is 2.02. The highest BCUT2D eigenvalue weighted by Gasteiger charge is 2.11. The van der Waals surface area contributed by atoms with E-state index in [1.807, 2.05) is 0 Å². The molecule has 0 unspecified atom stereocenters. The van der Waals surface area contributed by atoms with Crippen LogP contribution in [0.2, 0.25) is 0 Å². The van der Waals surface area contributed by atoms with E-state index in [1.165, 1.54) is 24.1 Å². The number of ether oxygens (including phenoxy) is 3. The van der Waals surface area contributed by atoms with Gasteiger partial charge in [0, 0.05) is 32.8 Å². The molecule has 2 aromatic carbocycles. The van der Waals surface area contributed by atoms with Gasteiger partial charge in [0.05, 0.1) is 5.56 Å². The molecule has 25 heavy (non-hydrogen) atoms. The van der Waals surface area contributed by atoms with Crippen molar-refractivity contribution >= 4 is 11.9 Å². The molecule has 0 spiro atoms. The minimum absolute atomic E-state index is 0.0101. The maximum atomic E-state index is 11.9. The summed E-state index contributed by atoms with van der Waals surface area (Å²) in [5.41, 5.74) is 0.559. The number of methoxy groups -OCH3 is 1. The number of carboxylic acids is 1. The number of aromatic carboxylic acids is 1. The number of hydrogen-bond acceptors (Lipinski definition) is 5. The number of amides is 1. The van der Waals surface area contributed by atoms with Crippen molar-refractivity contribution in [1.29, 1.82) is 0 Å². The van der Waals surface area contributed by atoms with Crippen molar-refractivity contribution < 1.29 is 28.9 Å². The van der Waals surface area contributed by atoms with E-state index in [-0.39, 0.29) is 18.3 Å². The average Bonchev–Trinajstić information content (AvgIpc) is 2.59. The lowest BCUT2D eigenvalue weighted by molar-refractivity contribution is 0.0506. The Balaban J connectivity index is 2.22. The molecule has 0 aliphatic rings. The maximum absolute atomic E-state index is 11.9. The number of rotatable bonds is 7. The van der Waals surface area contributed by atoms with E-state index >= 15 is 0 Å². The first-order chi connectivity index (χ1) is 11.9. The lowest BCUT2D eigenvalue weighted by atomic mass is 10.2. The van der Waals surface area contributed by atoms with E-state index < -0.39 is 5.97 Å². The van der Waals surface area contributed by atoms with Gasteiger partial charge in [-0.25, -0.2) is 4.79 Å². The Morgan fingerprint density at radius 3 is 2.16 bits per heavy atom. The molecule has 0 bridgehead atoms. The summed E-state index contributed by atoms with van der Waals surface area (Å²) in [5.74, 6) is -0.126. The van der Waals surface area contributed by atoms with E-state index in [9.17, 15) is 14.7 Å². The van der Waals surface area contributed by atoms with Crippen molar-refractivity contribution in [1.82, 2.24) is 4.90 Å². The summed E-state index contributed by atoms with van der Waals surface area (Å²) in [6.07, 6.45) is 0. The number of carboxylic acid groups (broad SMARTS) is 1. The van der Waals surface area contributed by atoms with Crippen LogP contribution in [0.1, 0.15) is 20.7 Å². The van der Waals surface area contributed by atoms with Crippen LogP contribution in [-0.4, -0.2) is 49.9 Å². The molecule has 1 amide bonds. The van der Waals surface area contributed by atoms with Crippen molar-refractivity contribution in [3.63, 3.8) is 0 Å². The number of carbonyl (C=O) groups is 2. The van der Waals surface area contributed by atoms with Gasteiger partial charge < -0.3 is 24.2 Å². The number of hydrogen-bond donors (Lipinski definition) is 1. The molecular formula is C18H19NO6. The molecule has 7 nitrogen and oxygen atoms in total. The van der Waals surface area contributed by atoms with E-state index in [2.05, 4.69) is 0 Å². The van der Waals surface area contributed by atoms with Crippen LogP contribution in [0.5, 0.6) is 17.2 Å². The zero-order chi connectivity index (χ0) is 18.4. The molecule has 0 aromatic heterocycles. The third-order valence-electron chi connectivity index (χ3n) is 3.21. The first-order valence-corrected chi connectivity index (χ1v) is 7.40. The molecule has 0 fully saturated rings. The van der Waals surface area contributed by atoms with Crippen molar-refractivity contribution in [2.24, 2.45) is 0 Å². The van der Waals surface area contributed by atoms with Crippen LogP contribution in [0, 0.1) is 0 Å². The molecule has 0 saturated heterocycles. The van der Waals surface area contributed by atoms with Gasteiger partial charge in [0.1, 0.15) is 17.2 Å². The van der Waals surface area contributed by atoms with Gasteiger partial charge in [0.25, 0.3) is 5.91 Å². The lowest BCUT2D eigenvalue weighted by Gasteiger charge is -2.12. The van der Waals surface area contributed by atoms with E-state index in [1.54, 1.807) is 44.4 Å². The number of nitrogens with zero attached hydrogens (tertiary/aromatic N) is 1. The van der Waals surface area contributed by atoms with Gasteiger partial charge in [0.2, 0.25) is 0 Å². The van der Waals surface area contributed by atoms with Crippen LogP contribution in [0.3, 0.4) is 0 Å². The Labute approximate surface area is 145 Å². The summed E-state index contributed by atoms with van der Waals surface area (Å²) >= 11 is 0. The van der Waals surface area contributed by atoms with Crippen molar-refractivity contribution in [3.05, 3.63) is 53.6 Å². The van der Waals surface area contributed by atoms with Gasteiger partial charge in [-0.1, -0.05) is 0 Å². The smallest absolute Gasteiger partial charge is 0.335 e. The second-order valence-corrected chi connectivity index (χ2v) is 5.38. The largest absolute Gasteiger partial charge is 0.478 e. The third kappa shape index (κ3) is 4.95. The fraction of sp³-hybridized carbons (Fsp3) is 0.222. The Morgan fingerprint density at radius 1 is 0.960 bits per heavy atom. The van der Waals surface area contributed by atoms with Crippen LogP contribution in [0.25, 0.3) is 0 Å². The lowest BCUT2D eigenvalue weighted by Crippen LogP contribution is -2.21. The van der Waals surface area contributed by atoms with Crippen molar-refractivity contribution in [3.8, 4) is 17.2 Å². The fourth-order valence-electron chi connectivity index (χ4n) is 2.02. The van der Waals surface area contributed by atoms with Gasteiger partial charge in [0.15, 0.2) is 6.79 Å². The molecule has 0 aliphatic carbocycles. The zero-order valence-electron chi connectivity index (χ0n) is 14.2. The molecule has 0 saturated carbocycles. The number of carbonyl (C=O) groups excluding carboxylic acids is 1. The van der Waals surface area contributed by atoms with Gasteiger partial charge in [-0.05, 0) is 36.4 Å². The van der Waals surface area contributed by atoms with Gasteiger partial charge >= 0.3 is 5.97 Å². The predicted molar refractivity (Wildman–Crippen MR) is 90.4 cm³/mol. The average molecular weight is 345 g/mol. The summed E-state index contributed by atoms with van der Waals surface area (Å²) in [7, 11) is 4.81. The quantitative estimate of drug-likeness (QED) is 0.777. The SMILES string of the molecule is COCOc1cc(Oc2ccc(C(=O)N(C)C)cc2)cc(C(=O)O)c1. The minimum atomic E-state index is -1.10. The normalized spacial score (nSPS) is 10.2. The van der Waals surface area contributed by atoms with Crippen LogP contribution >= 0.6 is 0 Å². The topological polar surface area (TPSA) is 85.3 Å². The summed E-state index contributed by atoms with van der Waals surface area (Å²) in [6.45, 7) is -0.0101. The Kier molecular flexibility index (Phi) is 5.97. The molecule has 2 aromatic rings. The summed E-state index contributed by atoms with van der Waals surface area (Å²) in [4.78, 5) is 24.6. The summed E-state index contributed by atoms with van der Waals surface area (Å²) < 4.78 is 15.8. The van der Waals surface area contributed by atoms with Crippen LogP contribution in [0.4, 0.5) is 0 Å². The second kappa shape index (κ2) is 8.16. The standard InChI is InChI=1S/C18H19NO6/c1-19(2)17(20)12-4-6-14(7-5-12)25-16-9-13(18(21)22)8-15(10-16)24-11-23-3/h4-10H,11H2,1-3H3,(H,21,22). The first-order valence-electron chi connectivity index (χ1n) is 7.40. The van der Waals surface area contributed by atoms with Gasteiger partial charge in [-0.15, -0.1) is 0 Å². The summed E-state index contributed by atoms with van der Waals surface area (Å²) in [5, 5.41) is 9.19. The molecule has 0 heterocycles. The molecule has 7 heteroatoms. The summed E-state index contributed by atoms with van der Waals surface area (Å²) in [6, 6.07) is 10.9. The van der Waals surface area contributed by atoms with Crippen LogP contribution < -0.4 is 9.47 Å². The van der Waals surface area contributed by atoms with Crippen LogP contribution in [-0.2, 0) is 4.74 Å². The second-order valence-electron chi connectivity index (χ2n) is 5.38. The third-order valence-corrected chi connectivity index (χ3v) is 3.21. The molecule has 0 radical (unpaired) electrons. The highest BCUT2D eigenvalue weighted by Crippen LogP contribution is 2.28. The van der Waals surface area contributed by atoms with Crippen LogP contribution in [0.15, 0.2) is 42.5 Å². The van der Waals surface area contributed by atoms with E-state index in [0.717, 1.165) is 0 Å². The van der Waals surface area contributed by atoms with E-state index in [0.29, 0.717) is 22.8 Å². The Morgan fingerprint density at radius 2 is 1.60 bits per heavy atom. The molecule has 132 valence electrons. The monoisotopic (exact) mass is 345 g/mol. The predicted octanol–water partition coefficient (Wildman–Crippen LogP) is 2.86. The number of benzene rings is 2. The Hall–Kier alpha value is -3.06. The first kappa shape index (κ1) is 18.3. The zero-order valence-corrected chi connectivity index (χ0v) is 14.2. The molecule has 1 N–H and O–H groups in total.